The summed E-state index contributed by atoms with van der Waals surface area (Å²) in [7, 11) is 0. The summed E-state index contributed by atoms with van der Waals surface area (Å²) >= 11 is 0. The van der Waals surface area contributed by atoms with Gasteiger partial charge in [-0.1, -0.05) is 0 Å². The summed E-state index contributed by atoms with van der Waals surface area (Å²) in [5, 5.41) is 0. The lowest BCUT2D eigenvalue weighted by atomic mass is 9.96. The van der Waals surface area contributed by atoms with Gasteiger partial charge in [-0.2, -0.15) is 0 Å². The Morgan fingerprint density at radius 2 is 1.78 bits per heavy atom. The summed E-state index contributed by atoms with van der Waals surface area (Å²) in [6.07, 6.45) is 3.02. The normalized spacial score (nSPS) is 23.5. The summed E-state index contributed by atoms with van der Waals surface area (Å²) in [5.74, 6) is -0.603. The highest BCUT2D eigenvalue weighted by Crippen LogP contribution is 2.20. The number of hydrogen-bond acceptors (Lipinski definition) is 5. The van der Waals surface area contributed by atoms with Crippen LogP contribution in [0.1, 0.15) is 32.6 Å². The zero-order valence-corrected chi connectivity index (χ0v) is 13.8. The predicted octanol–water partition coefficient (Wildman–Crippen LogP) is -0.0146. The van der Waals surface area contributed by atoms with Gasteiger partial charge in [0.2, 0.25) is 11.8 Å². The first kappa shape index (κ1) is 17.7. The molecule has 2 aliphatic rings. The maximum Gasteiger partial charge on any atom is 0.310 e. The van der Waals surface area contributed by atoms with Crippen LogP contribution in [0.5, 0.6) is 0 Å². The molecule has 0 aliphatic carbocycles. The second-order valence-corrected chi connectivity index (χ2v) is 6.38. The third kappa shape index (κ3) is 4.92. The van der Waals surface area contributed by atoms with Crippen molar-refractivity contribution in [2.45, 2.75) is 32.6 Å². The molecule has 0 aromatic rings. The molecule has 0 spiro atoms. The maximum absolute atomic E-state index is 12.4. The van der Waals surface area contributed by atoms with Crippen molar-refractivity contribution in [3.05, 3.63) is 0 Å². The predicted molar refractivity (Wildman–Crippen MR) is 84.3 cm³/mol. The number of nitrogens with zero attached hydrogens (tertiary/aromatic N) is 2. The van der Waals surface area contributed by atoms with E-state index in [9.17, 15) is 14.4 Å². The van der Waals surface area contributed by atoms with E-state index in [4.69, 9.17) is 10.5 Å². The monoisotopic (exact) mass is 325 g/mol. The largest absolute Gasteiger partial charge is 0.466 e. The quantitative estimate of drug-likeness (QED) is 0.717. The van der Waals surface area contributed by atoms with Crippen LogP contribution in [0.15, 0.2) is 0 Å². The van der Waals surface area contributed by atoms with Gasteiger partial charge in [-0.05, 0) is 39.2 Å². The Hall–Kier alpha value is -1.63. The highest BCUT2D eigenvalue weighted by molar-refractivity contribution is 5.80. The van der Waals surface area contributed by atoms with Gasteiger partial charge in [0.25, 0.3) is 0 Å². The second-order valence-electron chi connectivity index (χ2n) is 6.38. The zero-order valence-electron chi connectivity index (χ0n) is 13.8. The Morgan fingerprint density at radius 1 is 1.09 bits per heavy atom. The number of likely N-dealkylation sites (tertiary alicyclic amines) is 2. The number of piperidine rings is 2. The van der Waals surface area contributed by atoms with Crippen molar-refractivity contribution in [2.75, 3.05) is 39.3 Å². The molecule has 0 unspecified atom stereocenters. The molecule has 2 N–H and O–H groups in total. The lowest BCUT2D eigenvalue weighted by Gasteiger charge is -2.35. The fraction of sp³-hybridized carbons (Fsp3) is 0.812. The molecule has 2 amide bonds. The molecule has 23 heavy (non-hydrogen) atoms. The molecule has 0 aromatic carbocycles. The summed E-state index contributed by atoms with van der Waals surface area (Å²) in [6.45, 7) is 5.11. The van der Waals surface area contributed by atoms with Gasteiger partial charge in [-0.3, -0.25) is 19.3 Å². The Balaban J connectivity index is 1.79. The molecule has 2 aliphatic heterocycles. The molecule has 0 saturated carbocycles. The first-order chi connectivity index (χ1) is 11.0. The molecule has 0 radical (unpaired) electrons. The Morgan fingerprint density at radius 3 is 2.39 bits per heavy atom. The maximum atomic E-state index is 12.4. The number of esters is 1. The van der Waals surface area contributed by atoms with E-state index < -0.39 is 0 Å². The van der Waals surface area contributed by atoms with Crippen LogP contribution in [0, 0.1) is 11.8 Å². The number of nitrogens with two attached hydrogens (primary N) is 1. The molecule has 130 valence electrons. The summed E-state index contributed by atoms with van der Waals surface area (Å²) in [6, 6.07) is 0. The van der Waals surface area contributed by atoms with Crippen molar-refractivity contribution in [2.24, 2.45) is 17.6 Å². The minimum absolute atomic E-state index is 0.0671. The van der Waals surface area contributed by atoms with E-state index in [1.807, 2.05) is 4.90 Å². The Kier molecular flexibility index (Phi) is 6.38. The molecule has 2 fully saturated rings. The van der Waals surface area contributed by atoms with E-state index >= 15 is 0 Å². The van der Waals surface area contributed by atoms with Crippen LogP contribution < -0.4 is 5.73 Å². The van der Waals surface area contributed by atoms with Crippen LogP contribution in [0.3, 0.4) is 0 Å². The molecule has 2 heterocycles. The Labute approximate surface area is 137 Å². The minimum atomic E-state index is -0.273. The average Bonchev–Trinajstić information content (AvgIpc) is 2.55. The number of rotatable bonds is 5. The van der Waals surface area contributed by atoms with Crippen LogP contribution in [0.2, 0.25) is 0 Å². The Bertz CT molecular complexity index is 447. The summed E-state index contributed by atoms with van der Waals surface area (Å²) in [4.78, 5) is 39.2. The molecular formula is C16H27N3O4. The van der Waals surface area contributed by atoms with E-state index in [0.717, 1.165) is 19.4 Å². The molecule has 7 nitrogen and oxygen atoms in total. The number of amides is 2. The second kappa shape index (κ2) is 8.29. The van der Waals surface area contributed by atoms with E-state index in [1.165, 1.54) is 0 Å². The lowest BCUT2D eigenvalue weighted by molar-refractivity contribution is -0.150. The average molecular weight is 325 g/mol. The highest BCUT2D eigenvalue weighted by atomic mass is 16.5. The highest BCUT2D eigenvalue weighted by Gasteiger charge is 2.30. The smallest absolute Gasteiger partial charge is 0.310 e. The van der Waals surface area contributed by atoms with E-state index in [0.29, 0.717) is 45.6 Å². The van der Waals surface area contributed by atoms with Gasteiger partial charge in [0.1, 0.15) is 0 Å². The van der Waals surface area contributed by atoms with Crippen LogP contribution in [0.25, 0.3) is 0 Å². The number of carbonyl (C=O) groups excluding carboxylic acids is 3. The van der Waals surface area contributed by atoms with Crippen molar-refractivity contribution >= 4 is 17.8 Å². The van der Waals surface area contributed by atoms with E-state index in [-0.39, 0.29) is 29.6 Å². The van der Waals surface area contributed by atoms with E-state index in [2.05, 4.69) is 0 Å². The zero-order chi connectivity index (χ0) is 16.8. The fourth-order valence-electron chi connectivity index (χ4n) is 3.36. The summed E-state index contributed by atoms with van der Waals surface area (Å²) < 4.78 is 5.08. The molecule has 0 bridgehead atoms. The van der Waals surface area contributed by atoms with Crippen LogP contribution in [-0.4, -0.2) is 66.9 Å². The molecule has 0 aromatic heterocycles. The molecule has 7 heteroatoms. The first-order valence-corrected chi connectivity index (χ1v) is 8.47. The minimum Gasteiger partial charge on any atom is -0.466 e. The molecule has 2 rings (SSSR count). The van der Waals surface area contributed by atoms with Gasteiger partial charge in [0, 0.05) is 25.6 Å². The number of carbonyl (C=O) groups is 3. The van der Waals surface area contributed by atoms with Gasteiger partial charge in [-0.25, -0.2) is 0 Å². The van der Waals surface area contributed by atoms with Gasteiger partial charge >= 0.3 is 5.97 Å². The fourth-order valence-corrected chi connectivity index (χ4v) is 3.36. The van der Waals surface area contributed by atoms with Crippen molar-refractivity contribution in [1.29, 1.82) is 0 Å². The van der Waals surface area contributed by atoms with Gasteiger partial charge < -0.3 is 15.4 Å². The van der Waals surface area contributed by atoms with Gasteiger partial charge in [0.15, 0.2) is 0 Å². The number of primary amides is 1. The first-order valence-electron chi connectivity index (χ1n) is 8.47. The van der Waals surface area contributed by atoms with Crippen LogP contribution in [0.4, 0.5) is 0 Å². The topological polar surface area (TPSA) is 92.9 Å². The van der Waals surface area contributed by atoms with Crippen molar-refractivity contribution in [3.8, 4) is 0 Å². The number of ether oxygens (including phenoxy) is 1. The molecule has 1 atom stereocenters. The third-order valence-corrected chi connectivity index (χ3v) is 4.73. The standard InChI is InChI=1S/C16H27N3O4/c1-2-23-16(22)13-4-3-7-18(10-13)11-14(20)19-8-5-12(6-9-19)15(17)21/h12-13H,2-11H2,1H3,(H2,17,21)/t13-/m0/s1. The van der Waals surface area contributed by atoms with Gasteiger partial charge in [0.05, 0.1) is 19.1 Å². The lowest BCUT2D eigenvalue weighted by Crippen LogP contribution is -2.48. The van der Waals surface area contributed by atoms with Crippen LogP contribution in [-0.2, 0) is 19.1 Å². The van der Waals surface area contributed by atoms with Crippen molar-refractivity contribution in [1.82, 2.24) is 9.80 Å². The number of hydrogen-bond donors (Lipinski definition) is 1. The van der Waals surface area contributed by atoms with Gasteiger partial charge in [-0.15, -0.1) is 0 Å². The van der Waals surface area contributed by atoms with E-state index in [1.54, 1.807) is 11.8 Å². The van der Waals surface area contributed by atoms with Crippen molar-refractivity contribution < 1.29 is 19.1 Å². The van der Waals surface area contributed by atoms with Crippen molar-refractivity contribution in [3.63, 3.8) is 0 Å². The summed E-state index contributed by atoms with van der Waals surface area (Å²) in [5.41, 5.74) is 5.31. The molecular weight excluding hydrogens is 298 g/mol. The SMILES string of the molecule is CCOC(=O)[C@H]1CCCN(CC(=O)N2CCC(C(N)=O)CC2)C1. The third-order valence-electron chi connectivity index (χ3n) is 4.73. The molecule has 2 saturated heterocycles. The van der Waals surface area contributed by atoms with Crippen LogP contribution >= 0.6 is 0 Å².